The van der Waals surface area contributed by atoms with Gasteiger partial charge in [-0.25, -0.2) is 14.0 Å². The summed E-state index contributed by atoms with van der Waals surface area (Å²) < 4.78 is 24.3. The zero-order chi connectivity index (χ0) is 19.1. The number of hydrogen-bond donors (Lipinski definition) is 1. The largest absolute Gasteiger partial charge is 0.493 e. The smallest absolute Gasteiger partial charge is 0.410 e. The average molecular weight is 367 g/mol. The molecule has 0 bridgehead atoms. The lowest BCUT2D eigenvalue weighted by Crippen LogP contribution is -2.39. The molecule has 2 rings (SSSR count). The van der Waals surface area contributed by atoms with Crippen molar-refractivity contribution in [2.24, 2.45) is 5.92 Å². The summed E-state index contributed by atoms with van der Waals surface area (Å²) in [5.41, 5.74) is -0.361. The number of aromatic carboxylic acids is 1. The second kappa shape index (κ2) is 9.40. The highest BCUT2D eigenvalue weighted by atomic mass is 19.1. The van der Waals surface area contributed by atoms with Gasteiger partial charge in [-0.05, 0) is 57.6 Å². The van der Waals surface area contributed by atoms with Gasteiger partial charge in [0.15, 0.2) is 0 Å². The van der Waals surface area contributed by atoms with E-state index in [9.17, 15) is 14.0 Å². The molecule has 1 aromatic rings. The highest BCUT2D eigenvalue weighted by molar-refractivity contribution is 5.88. The third-order valence-corrected chi connectivity index (χ3v) is 4.41. The Kier molecular flexibility index (Phi) is 7.24. The minimum absolute atomic E-state index is 0.105. The maximum absolute atomic E-state index is 13.6. The summed E-state index contributed by atoms with van der Waals surface area (Å²) in [7, 11) is 0. The van der Waals surface area contributed by atoms with Crippen LogP contribution >= 0.6 is 0 Å². The van der Waals surface area contributed by atoms with Gasteiger partial charge < -0.3 is 19.5 Å². The van der Waals surface area contributed by atoms with Gasteiger partial charge in [-0.3, -0.25) is 0 Å². The second-order valence-corrected chi connectivity index (χ2v) is 6.80. The highest BCUT2D eigenvalue weighted by Crippen LogP contribution is 2.23. The number of nitrogens with zero attached hydrogens (tertiary/aromatic N) is 1. The summed E-state index contributed by atoms with van der Waals surface area (Å²) in [4.78, 5) is 24.4. The number of carbonyl (C=O) groups excluding carboxylic acids is 1. The van der Waals surface area contributed by atoms with E-state index in [2.05, 4.69) is 0 Å². The molecule has 0 saturated carbocycles. The summed E-state index contributed by atoms with van der Waals surface area (Å²) in [6, 6.07) is 3.77. The van der Waals surface area contributed by atoms with Crippen LogP contribution in [0.25, 0.3) is 0 Å². The number of piperidine rings is 1. The highest BCUT2D eigenvalue weighted by Gasteiger charge is 2.24. The van der Waals surface area contributed by atoms with Crippen LogP contribution in [0.4, 0.5) is 9.18 Å². The van der Waals surface area contributed by atoms with Crippen molar-refractivity contribution >= 4 is 12.1 Å². The van der Waals surface area contributed by atoms with Crippen molar-refractivity contribution in [3.63, 3.8) is 0 Å². The lowest BCUT2D eigenvalue weighted by atomic mass is 9.92. The van der Waals surface area contributed by atoms with E-state index in [4.69, 9.17) is 14.6 Å². The topological polar surface area (TPSA) is 76.1 Å². The molecule has 0 radical (unpaired) electrons. The second-order valence-electron chi connectivity index (χ2n) is 6.80. The summed E-state index contributed by atoms with van der Waals surface area (Å²) in [5, 5.41) is 8.80. The van der Waals surface area contributed by atoms with E-state index in [1.54, 1.807) is 4.90 Å². The maximum atomic E-state index is 13.6. The first-order valence-corrected chi connectivity index (χ1v) is 8.98. The first-order valence-electron chi connectivity index (χ1n) is 8.98. The minimum atomic E-state index is -1.29. The molecular weight excluding hydrogens is 341 g/mol. The quantitative estimate of drug-likeness (QED) is 0.739. The zero-order valence-electron chi connectivity index (χ0n) is 15.2. The molecule has 1 aliphatic heterocycles. The van der Waals surface area contributed by atoms with E-state index >= 15 is 0 Å². The third-order valence-electron chi connectivity index (χ3n) is 4.41. The van der Waals surface area contributed by atoms with E-state index in [-0.39, 0.29) is 17.8 Å². The van der Waals surface area contributed by atoms with Crippen LogP contribution in [0.5, 0.6) is 5.75 Å². The Morgan fingerprint density at radius 3 is 2.58 bits per heavy atom. The Labute approximate surface area is 152 Å². The van der Waals surface area contributed by atoms with E-state index in [1.807, 2.05) is 13.8 Å². The maximum Gasteiger partial charge on any atom is 0.410 e. The summed E-state index contributed by atoms with van der Waals surface area (Å²) in [5.74, 6) is -1.22. The van der Waals surface area contributed by atoms with Gasteiger partial charge in [0, 0.05) is 19.2 Å². The van der Waals surface area contributed by atoms with E-state index in [0.717, 1.165) is 31.7 Å². The number of carboxylic acids is 1. The molecule has 1 amide bonds. The minimum Gasteiger partial charge on any atom is -0.493 e. The van der Waals surface area contributed by atoms with Crippen LogP contribution in [0, 0.1) is 11.7 Å². The van der Waals surface area contributed by atoms with Crippen molar-refractivity contribution in [3.8, 4) is 5.75 Å². The molecule has 1 heterocycles. The fraction of sp³-hybridized carbons (Fsp3) is 0.579. The molecule has 1 aliphatic rings. The van der Waals surface area contributed by atoms with Gasteiger partial charge in [0.2, 0.25) is 0 Å². The predicted molar refractivity (Wildman–Crippen MR) is 94.0 cm³/mol. The molecule has 26 heavy (non-hydrogen) atoms. The van der Waals surface area contributed by atoms with Gasteiger partial charge in [0.1, 0.15) is 11.6 Å². The molecule has 0 unspecified atom stereocenters. The van der Waals surface area contributed by atoms with Crippen molar-refractivity contribution in [2.75, 3.05) is 19.7 Å². The molecule has 1 N–H and O–H groups in total. The molecule has 0 aromatic heterocycles. The summed E-state index contributed by atoms with van der Waals surface area (Å²) in [6.45, 7) is 5.54. The van der Waals surface area contributed by atoms with Crippen molar-refractivity contribution in [2.45, 2.75) is 45.6 Å². The normalized spacial score (nSPS) is 15.2. The number of benzene rings is 1. The molecule has 1 fully saturated rings. The summed E-state index contributed by atoms with van der Waals surface area (Å²) in [6.07, 6.45) is 3.33. The van der Waals surface area contributed by atoms with Crippen LogP contribution < -0.4 is 4.74 Å². The van der Waals surface area contributed by atoms with Crippen LogP contribution in [-0.2, 0) is 4.74 Å². The monoisotopic (exact) mass is 367 g/mol. The number of amides is 1. The molecule has 1 saturated heterocycles. The van der Waals surface area contributed by atoms with Gasteiger partial charge in [0.25, 0.3) is 0 Å². The van der Waals surface area contributed by atoms with Crippen LogP contribution in [0.3, 0.4) is 0 Å². The Morgan fingerprint density at radius 1 is 1.31 bits per heavy atom. The van der Waals surface area contributed by atoms with Gasteiger partial charge in [0.05, 0.1) is 18.3 Å². The van der Waals surface area contributed by atoms with Crippen LogP contribution in [0.2, 0.25) is 0 Å². The molecule has 144 valence electrons. The van der Waals surface area contributed by atoms with Crippen LogP contribution in [-0.4, -0.2) is 47.9 Å². The summed E-state index contributed by atoms with van der Waals surface area (Å²) >= 11 is 0. The van der Waals surface area contributed by atoms with Crippen LogP contribution in [0.1, 0.15) is 49.9 Å². The Morgan fingerprint density at radius 2 is 2.00 bits per heavy atom. The molecule has 0 spiro atoms. The number of ether oxygens (including phenoxy) is 2. The fourth-order valence-electron chi connectivity index (χ4n) is 3.00. The first kappa shape index (κ1) is 20.0. The van der Waals surface area contributed by atoms with Crippen molar-refractivity contribution in [3.05, 3.63) is 29.6 Å². The average Bonchev–Trinajstić information content (AvgIpc) is 2.58. The van der Waals surface area contributed by atoms with E-state index < -0.39 is 11.8 Å². The van der Waals surface area contributed by atoms with Gasteiger partial charge in [-0.2, -0.15) is 0 Å². The zero-order valence-corrected chi connectivity index (χ0v) is 15.2. The Balaban J connectivity index is 1.66. The molecular formula is C19H26FNO5. The molecule has 6 nitrogen and oxygen atoms in total. The number of hydrogen-bond acceptors (Lipinski definition) is 4. The van der Waals surface area contributed by atoms with Gasteiger partial charge >= 0.3 is 12.1 Å². The Bertz CT molecular complexity index is 626. The fourth-order valence-corrected chi connectivity index (χ4v) is 3.00. The standard InChI is InChI=1S/C19H26FNO5/c1-13(2)26-19(24)21-9-7-14(8-10-21)4-3-11-25-15-5-6-16(18(22)23)17(20)12-15/h5-6,12-14H,3-4,7-11H2,1-2H3,(H,22,23). The first-order chi connectivity index (χ1) is 12.4. The van der Waals surface area contributed by atoms with E-state index in [0.29, 0.717) is 31.4 Å². The molecule has 0 atom stereocenters. The molecule has 1 aromatic carbocycles. The number of likely N-dealkylation sites (tertiary alicyclic amines) is 1. The number of carbonyl (C=O) groups is 2. The van der Waals surface area contributed by atoms with Gasteiger partial charge in [-0.15, -0.1) is 0 Å². The lowest BCUT2D eigenvalue weighted by molar-refractivity contribution is 0.0641. The van der Waals surface area contributed by atoms with Crippen LogP contribution in [0.15, 0.2) is 18.2 Å². The molecule has 0 aliphatic carbocycles. The third kappa shape index (κ3) is 5.89. The van der Waals surface area contributed by atoms with Gasteiger partial charge in [-0.1, -0.05) is 0 Å². The van der Waals surface area contributed by atoms with E-state index in [1.165, 1.54) is 12.1 Å². The SMILES string of the molecule is CC(C)OC(=O)N1CCC(CCCOc2ccc(C(=O)O)c(F)c2)CC1. The predicted octanol–water partition coefficient (Wildman–Crippen LogP) is 3.94. The van der Waals surface area contributed by atoms with Crippen molar-refractivity contribution < 1.29 is 28.6 Å². The number of halogens is 1. The number of carboxylic acid groups (broad SMARTS) is 1. The number of rotatable bonds is 7. The van der Waals surface area contributed by atoms with Crippen molar-refractivity contribution in [1.29, 1.82) is 0 Å². The van der Waals surface area contributed by atoms with Crippen molar-refractivity contribution in [1.82, 2.24) is 4.90 Å². The molecule has 7 heteroatoms. The Hall–Kier alpha value is -2.31. The lowest BCUT2D eigenvalue weighted by Gasteiger charge is -2.31.